The number of rotatable bonds is 7. The van der Waals surface area contributed by atoms with Crippen molar-refractivity contribution < 1.29 is 22.1 Å². The molecule has 158 valence electrons. The van der Waals surface area contributed by atoms with E-state index in [1.165, 1.54) is 6.92 Å². The number of benzene rings is 1. The molecule has 1 amide bonds. The van der Waals surface area contributed by atoms with Gasteiger partial charge in [0.05, 0.1) is 4.90 Å². The van der Waals surface area contributed by atoms with E-state index in [0.717, 1.165) is 24.3 Å². The summed E-state index contributed by atoms with van der Waals surface area (Å²) in [5, 5.41) is 5.21. The number of hydrogen-bond acceptors (Lipinski definition) is 7. The third kappa shape index (κ3) is 4.54. The zero-order valence-corrected chi connectivity index (χ0v) is 17.4. The highest BCUT2D eigenvalue weighted by Crippen LogP contribution is 2.24. The van der Waals surface area contributed by atoms with Crippen molar-refractivity contribution in [3.63, 3.8) is 0 Å². The first kappa shape index (κ1) is 21.6. The van der Waals surface area contributed by atoms with E-state index in [1.54, 1.807) is 24.5 Å². The number of amides is 1. The number of sulfone groups is 1. The Morgan fingerprint density at radius 3 is 2.30 bits per heavy atom. The molecule has 1 N–H and O–H groups in total. The van der Waals surface area contributed by atoms with Gasteiger partial charge in [-0.05, 0) is 49.2 Å². The Hall–Kier alpha value is -3.14. The SMILES string of the molecule is CC(C)C(NC(=O)C(C)S(=O)(=O)c1ccc(F)cc1)c1nc(-c2ccncc2)no1. The molecule has 3 aromatic rings. The molecule has 0 spiro atoms. The molecular weight excluding hydrogens is 411 g/mol. The highest BCUT2D eigenvalue weighted by Gasteiger charge is 2.33. The van der Waals surface area contributed by atoms with Crippen LogP contribution in [0.25, 0.3) is 11.4 Å². The molecule has 2 unspecified atom stereocenters. The van der Waals surface area contributed by atoms with Crippen LogP contribution >= 0.6 is 0 Å². The molecule has 0 saturated heterocycles. The van der Waals surface area contributed by atoms with Crippen molar-refractivity contribution in [1.29, 1.82) is 0 Å². The zero-order chi connectivity index (χ0) is 21.9. The highest BCUT2D eigenvalue weighted by molar-refractivity contribution is 7.92. The van der Waals surface area contributed by atoms with Crippen LogP contribution in [0.2, 0.25) is 0 Å². The molecule has 0 aliphatic carbocycles. The summed E-state index contributed by atoms with van der Waals surface area (Å²) in [6.45, 7) is 4.95. The third-order valence-electron chi connectivity index (χ3n) is 4.59. The van der Waals surface area contributed by atoms with Crippen LogP contribution in [0.3, 0.4) is 0 Å². The normalized spacial score (nSPS) is 13.8. The summed E-state index contributed by atoms with van der Waals surface area (Å²) in [4.78, 5) is 20.9. The van der Waals surface area contributed by atoms with Gasteiger partial charge in [-0.3, -0.25) is 9.78 Å². The minimum atomic E-state index is -4.00. The van der Waals surface area contributed by atoms with Gasteiger partial charge >= 0.3 is 0 Å². The fraction of sp³-hybridized carbons (Fsp3) is 0.300. The lowest BCUT2D eigenvalue weighted by Crippen LogP contribution is -2.41. The van der Waals surface area contributed by atoms with Crippen LogP contribution in [-0.4, -0.2) is 34.7 Å². The molecule has 0 bridgehead atoms. The van der Waals surface area contributed by atoms with E-state index in [-0.39, 0.29) is 16.7 Å². The molecule has 1 aromatic carbocycles. The topological polar surface area (TPSA) is 115 Å². The van der Waals surface area contributed by atoms with Crippen LogP contribution < -0.4 is 5.32 Å². The molecular formula is C20H21FN4O4S. The van der Waals surface area contributed by atoms with Gasteiger partial charge in [0.25, 0.3) is 0 Å². The van der Waals surface area contributed by atoms with Crippen molar-refractivity contribution in [2.45, 2.75) is 37.0 Å². The summed E-state index contributed by atoms with van der Waals surface area (Å²) in [6, 6.07) is 7.08. The molecule has 0 radical (unpaired) electrons. The summed E-state index contributed by atoms with van der Waals surface area (Å²) in [5.74, 6) is -0.940. The Kier molecular flexibility index (Phi) is 6.25. The minimum absolute atomic E-state index is 0.134. The Balaban J connectivity index is 1.80. The number of carbonyl (C=O) groups is 1. The number of nitrogens with one attached hydrogen (secondary N) is 1. The van der Waals surface area contributed by atoms with Crippen LogP contribution in [-0.2, 0) is 14.6 Å². The van der Waals surface area contributed by atoms with Gasteiger partial charge < -0.3 is 9.84 Å². The molecule has 0 saturated carbocycles. The van der Waals surface area contributed by atoms with E-state index in [1.807, 2.05) is 13.8 Å². The quantitative estimate of drug-likeness (QED) is 0.571. The predicted octanol–water partition coefficient (Wildman–Crippen LogP) is 2.95. The third-order valence-corrected chi connectivity index (χ3v) is 6.66. The monoisotopic (exact) mass is 432 g/mol. The number of hydrogen-bond donors (Lipinski definition) is 1. The van der Waals surface area contributed by atoms with Crippen molar-refractivity contribution in [2.75, 3.05) is 0 Å². The first-order valence-electron chi connectivity index (χ1n) is 9.24. The second-order valence-electron chi connectivity index (χ2n) is 7.06. The van der Waals surface area contributed by atoms with Crippen molar-refractivity contribution in [1.82, 2.24) is 20.4 Å². The maximum atomic E-state index is 13.1. The smallest absolute Gasteiger partial charge is 0.249 e. The number of carbonyl (C=O) groups excluding carboxylic acids is 1. The standard InChI is InChI=1S/C20H21FN4O4S/c1-12(2)17(20-24-18(25-29-20)14-8-10-22-11-9-14)23-19(26)13(3)30(27,28)16-6-4-15(21)5-7-16/h4-13,17H,1-3H3,(H,23,26). The lowest BCUT2D eigenvalue weighted by atomic mass is 10.0. The number of nitrogens with zero attached hydrogens (tertiary/aromatic N) is 3. The van der Waals surface area contributed by atoms with Gasteiger partial charge in [-0.2, -0.15) is 4.98 Å². The van der Waals surface area contributed by atoms with Crippen molar-refractivity contribution in [3.05, 3.63) is 60.5 Å². The molecule has 0 aliphatic rings. The van der Waals surface area contributed by atoms with Gasteiger partial charge in [0.15, 0.2) is 9.84 Å². The first-order valence-corrected chi connectivity index (χ1v) is 10.8. The van der Waals surface area contributed by atoms with E-state index in [2.05, 4.69) is 20.4 Å². The van der Waals surface area contributed by atoms with Crippen LogP contribution in [0.15, 0.2) is 58.2 Å². The molecule has 3 rings (SSSR count). The van der Waals surface area contributed by atoms with Gasteiger partial charge in [0.1, 0.15) is 17.1 Å². The molecule has 10 heteroatoms. The second-order valence-corrected chi connectivity index (χ2v) is 9.33. The largest absolute Gasteiger partial charge is 0.343 e. The summed E-state index contributed by atoms with van der Waals surface area (Å²) >= 11 is 0. The molecule has 2 heterocycles. The van der Waals surface area contributed by atoms with Gasteiger partial charge in [-0.25, -0.2) is 12.8 Å². The van der Waals surface area contributed by atoms with Crippen LogP contribution in [0.5, 0.6) is 0 Å². The lowest BCUT2D eigenvalue weighted by Gasteiger charge is -2.21. The van der Waals surface area contributed by atoms with Crippen LogP contribution in [0.4, 0.5) is 4.39 Å². The van der Waals surface area contributed by atoms with Gasteiger partial charge in [-0.1, -0.05) is 19.0 Å². The van der Waals surface area contributed by atoms with E-state index < -0.39 is 32.9 Å². The Morgan fingerprint density at radius 2 is 1.70 bits per heavy atom. The Labute approximate surface area is 173 Å². The molecule has 0 fully saturated rings. The van der Waals surface area contributed by atoms with E-state index in [9.17, 15) is 17.6 Å². The van der Waals surface area contributed by atoms with Crippen molar-refractivity contribution in [2.24, 2.45) is 5.92 Å². The zero-order valence-electron chi connectivity index (χ0n) is 16.6. The van der Waals surface area contributed by atoms with E-state index in [4.69, 9.17) is 4.52 Å². The summed E-state index contributed by atoms with van der Waals surface area (Å²) in [6.07, 6.45) is 3.18. The molecule has 8 nitrogen and oxygen atoms in total. The Morgan fingerprint density at radius 1 is 1.07 bits per heavy atom. The minimum Gasteiger partial charge on any atom is -0.343 e. The van der Waals surface area contributed by atoms with Crippen LogP contribution in [0, 0.1) is 11.7 Å². The maximum Gasteiger partial charge on any atom is 0.249 e. The van der Waals surface area contributed by atoms with Gasteiger partial charge in [0, 0.05) is 18.0 Å². The summed E-state index contributed by atoms with van der Waals surface area (Å²) in [7, 11) is -4.00. The van der Waals surface area contributed by atoms with Gasteiger partial charge in [0.2, 0.25) is 17.6 Å². The molecule has 2 aromatic heterocycles. The van der Waals surface area contributed by atoms with E-state index in [0.29, 0.717) is 11.4 Å². The molecule has 0 aliphatic heterocycles. The van der Waals surface area contributed by atoms with Crippen molar-refractivity contribution >= 4 is 15.7 Å². The summed E-state index contributed by atoms with van der Waals surface area (Å²) < 4.78 is 43.9. The molecule has 30 heavy (non-hydrogen) atoms. The summed E-state index contributed by atoms with van der Waals surface area (Å²) in [5.41, 5.74) is 0.695. The van der Waals surface area contributed by atoms with Gasteiger partial charge in [-0.15, -0.1) is 0 Å². The highest BCUT2D eigenvalue weighted by atomic mass is 32.2. The van der Waals surface area contributed by atoms with Crippen molar-refractivity contribution in [3.8, 4) is 11.4 Å². The Bertz CT molecular complexity index is 1120. The first-order chi connectivity index (χ1) is 14.2. The average molecular weight is 432 g/mol. The number of halogens is 1. The number of pyridine rings is 1. The number of aromatic nitrogens is 3. The lowest BCUT2D eigenvalue weighted by molar-refractivity contribution is -0.121. The fourth-order valence-electron chi connectivity index (χ4n) is 2.73. The second kappa shape index (κ2) is 8.70. The maximum absolute atomic E-state index is 13.1. The van der Waals surface area contributed by atoms with E-state index >= 15 is 0 Å². The predicted molar refractivity (Wildman–Crippen MR) is 106 cm³/mol. The van der Waals surface area contributed by atoms with Crippen LogP contribution in [0.1, 0.15) is 32.7 Å². The fourth-order valence-corrected chi connectivity index (χ4v) is 4.01. The average Bonchev–Trinajstić information content (AvgIpc) is 3.21. The molecule has 2 atom stereocenters.